The molecule has 3 amide bonds. The van der Waals surface area contributed by atoms with Crippen LogP contribution < -0.4 is 16.4 Å². The van der Waals surface area contributed by atoms with Crippen molar-refractivity contribution in [3.8, 4) is 0 Å². The number of aryl methyl sites for hydroxylation is 1. The van der Waals surface area contributed by atoms with Crippen LogP contribution in [0.3, 0.4) is 0 Å². The largest absolute Gasteiger partial charge is 0.419 e. The van der Waals surface area contributed by atoms with Crippen LogP contribution in [0.5, 0.6) is 0 Å². The van der Waals surface area contributed by atoms with Gasteiger partial charge in [0.15, 0.2) is 11.2 Å². The molecule has 0 aliphatic carbocycles. The van der Waals surface area contributed by atoms with E-state index in [0.717, 1.165) is 5.56 Å². The lowest BCUT2D eigenvalue weighted by molar-refractivity contribution is -0.141. The molecule has 2 N–H and O–H groups in total. The van der Waals surface area contributed by atoms with Gasteiger partial charge in [0.05, 0.1) is 11.7 Å². The summed E-state index contributed by atoms with van der Waals surface area (Å²) in [6.45, 7) is 0.586. The summed E-state index contributed by atoms with van der Waals surface area (Å²) in [6, 6.07) is 7.46. The maximum absolute atomic E-state index is 12.8. The first-order valence-corrected chi connectivity index (χ1v) is 10.1. The predicted octanol–water partition coefficient (Wildman–Crippen LogP) is -0.325. The van der Waals surface area contributed by atoms with E-state index in [1.165, 1.54) is 26.2 Å². The molecule has 0 radical (unpaired) electrons. The number of nitrogens with one attached hydrogen (secondary N) is 2. The normalized spacial score (nSPS) is 15.6. The van der Waals surface area contributed by atoms with Crippen LogP contribution in [0.1, 0.15) is 26.5 Å². The fourth-order valence-electron chi connectivity index (χ4n) is 3.68. The monoisotopic (exact) mass is 449 g/mol. The molecular formula is C21H19N7O5. The Morgan fingerprint density at radius 1 is 1.15 bits per heavy atom. The number of hydrogen-bond acceptors (Lipinski definition) is 7. The molecule has 4 aromatic rings. The lowest BCUT2D eigenvalue weighted by atomic mass is 10.1. The molecular weight excluding hydrogens is 430 g/mol. The molecule has 1 aromatic carbocycles. The summed E-state index contributed by atoms with van der Waals surface area (Å²) in [4.78, 5) is 54.8. The summed E-state index contributed by atoms with van der Waals surface area (Å²) < 4.78 is 7.80. The molecule has 3 aromatic heterocycles. The minimum atomic E-state index is -0.604. The van der Waals surface area contributed by atoms with Crippen LogP contribution in [-0.4, -0.2) is 61.4 Å². The maximum atomic E-state index is 12.8. The third kappa shape index (κ3) is 3.50. The lowest BCUT2D eigenvalue weighted by Crippen LogP contribution is -2.62. The van der Waals surface area contributed by atoms with Crippen molar-refractivity contribution in [3.05, 3.63) is 64.0 Å². The van der Waals surface area contributed by atoms with Crippen LogP contribution in [0.25, 0.3) is 16.7 Å². The Kier molecular flexibility index (Phi) is 4.69. The van der Waals surface area contributed by atoms with Crippen LogP contribution in [0.4, 0.5) is 0 Å². The van der Waals surface area contributed by atoms with Crippen molar-refractivity contribution < 1.29 is 18.8 Å². The number of carbonyl (C=O) groups excluding carboxylic acids is 3. The smallest absolute Gasteiger partial charge is 0.408 e. The van der Waals surface area contributed by atoms with Crippen LogP contribution >= 0.6 is 0 Å². The van der Waals surface area contributed by atoms with Crippen LogP contribution in [-0.2, 0) is 18.4 Å². The number of amides is 3. The second kappa shape index (κ2) is 7.58. The molecule has 0 spiro atoms. The zero-order valence-electron chi connectivity index (χ0n) is 17.7. The van der Waals surface area contributed by atoms with E-state index in [4.69, 9.17) is 4.42 Å². The van der Waals surface area contributed by atoms with Gasteiger partial charge in [-0.15, -0.1) is 0 Å². The van der Waals surface area contributed by atoms with Gasteiger partial charge in [-0.1, -0.05) is 6.07 Å². The third-order valence-electron chi connectivity index (χ3n) is 5.57. The molecule has 1 saturated heterocycles. The molecule has 1 aliphatic heterocycles. The van der Waals surface area contributed by atoms with E-state index < -0.39 is 23.6 Å². The quantitative estimate of drug-likeness (QED) is 0.397. The first-order valence-electron chi connectivity index (χ1n) is 10.1. The van der Waals surface area contributed by atoms with Gasteiger partial charge in [-0.05, 0) is 17.7 Å². The van der Waals surface area contributed by atoms with E-state index in [1.54, 1.807) is 38.4 Å². The van der Waals surface area contributed by atoms with Gasteiger partial charge in [0.1, 0.15) is 17.4 Å². The van der Waals surface area contributed by atoms with Crippen molar-refractivity contribution in [2.45, 2.75) is 12.6 Å². The highest BCUT2D eigenvalue weighted by molar-refractivity contribution is 6.01. The van der Waals surface area contributed by atoms with Crippen LogP contribution in [0, 0.1) is 0 Å². The molecule has 0 bridgehead atoms. The van der Waals surface area contributed by atoms with Crippen molar-refractivity contribution in [3.63, 3.8) is 0 Å². The number of likely N-dealkylation sites (N-methyl/N-ethyl adjacent to an activating group) is 1. The van der Waals surface area contributed by atoms with Crippen molar-refractivity contribution >= 4 is 34.5 Å². The Morgan fingerprint density at radius 3 is 2.73 bits per heavy atom. The average molecular weight is 449 g/mol. The highest BCUT2D eigenvalue weighted by Gasteiger charge is 2.35. The Labute approximate surface area is 185 Å². The molecule has 12 nitrogen and oxygen atoms in total. The van der Waals surface area contributed by atoms with E-state index in [9.17, 15) is 19.2 Å². The van der Waals surface area contributed by atoms with Crippen molar-refractivity contribution in [1.29, 1.82) is 0 Å². The Balaban J connectivity index is 1.36. The molecule has 33 heavy (non-hydrogen) atoms. The third-order valence-corrected chi connectivity index (χ3v) is 5.57. The lowest BCUT2D eigenvalue weighted by Gasteiger charge is -2.35. The number of carbonyl (C=O) groups is 3. The van der Waals surface area contributed by atoms with Crippen molar-refractivity contribution in [1.82, 2.24) is 34.7 Å². The Hall–Kier alpha value is -4.48. The molecule has 5 rings (SSSR count). The average Bonchev–Trinajstić information content (AvgIpc) is 3.40. The number of oxazole rings is 1. The molecule has 0 unspecified atom stereocenters. The minimum Gasteiger partial charge on any atom is -0.408 e. The summed E-state index contributed by atoms with van der Waals surface area (Å²) in [5.41, 5.74) is 2.26. The van der Waals surface area contributed by atoms with Crippen LogP contribution in [0.2, 0.25) is 0 Å². The molecule has 1 aliphatic rings. The number of rotatable bonds is 5. The second-order valence-electron chi connectivity index (χ2n) is 7.78. The van der Waals surface area contributed by atoms with Gasteiger partial charge >= 0.3 is 5.76 Å². The highest BCUT2D eigenvalue weighted by Crippen LogP contribution is 2.15. The number of likely N-dealkylation sites (tertiary alicyclic amines) is 1. The van der Waals surface area contributed by atoms with Gasteiger partial charge in [0, 0.05) is 39.3 Å². The van der Waals surface area contributed by atoms with E-state index in [-0.39, 0.29) is 23.8 Å². The summed E-state index contributed by atoms with van der Waals surface area (Å²) >= 11 is 0. The predicted molar refractivity (Wildman–Crippen MR) is 115 cm³/mol. The van der Waals surface area contributed by atoms with Gasteiger partial charge in [-0.2, -0.15) is 5.10 Å². The molecule has 12 heteroatoms. The number of hydrogen-bond donors (Lipinski definition) is 2. The maximum Gasteiger partial charge on any atom is 0.419 e. The van der Waals surface area contributed by atoms with Gasteiger partial charge in [0.2, 0.25) is 5.91 Å². The first-order chi connectivity index (χ1) is 15.8. The molecule has 1 atom stereocenters. The Morgan fingerprint density at radius 2 is 1.97 bits per heavy atom. The van der Waals surface area contributed by atoms with Gasteiger partial charge in [0.25, 0.3) is 11.8 Å². The van der Waals surface area contributed by atoms with Gasteiger partial charge in [-0.25, -0.2) is 14.3 Å². The van der Waals surface area contributed by atoms with E-state index in [2.05, 4.69) is 20.7 Å². The molecule has 1 fully saturated rings. The second-order valence-corrected chi connectivity index (χ2v) is 7.78. The number of fused-ring (bicyclic) bond motifs is 2. The summed E-state index contributed by atoms with van der Waals surface area (Å²) in [7, 11) is 3.25. The number of benzene rings is 1. The fourth-order valence-corrected chi connectivity index (χ4v) is 3.68. The van der Waals surface area contributed by atoms with E-state index in [0.29, 0.717) is 23.3 Å². The fraction of sp³-hybridized carbons (Fsp3) is 0.238. The molecule has 0 saturated carbocycles. The van der Waals surface area contributed by atoms with E-state index in [1.807, 2.05) is 0 Å². The van der Waals surface area contributed by atoms with Crippen molar-refractivity contribution in [2.75, 3.05) is 13.6 Å². The van der Waals surface area contributed by atoms with E-state index >= 15 is 0 Å². The van der Waals surface area contributed by atoms with Crippen LogP contribution in [0.15, 0.2) is 45.7 Å². The molecule has 4 heterocycles. The van der Waals surface area contributed by atoms with Gasteiger partial charge < -0.3 is 20.0 Å². The topological polar surface area (TPSA) is 144 Å². The summed E-state index contributed by atoms with van der Waals surface area (Å²) in [5, 5.41) is 9.51. The molecule has 168 valence electrons. The number of aromatic nitrogens is 4. The highest BCUT2D eigenvalue weighted by atomic mass is 16.4. The Bertz CT molecular complexity index is 1500. The standard InChI is InChI=1S/C21H19N7O5/c1-26-10-13(20(26)31)25-19(30)15-8-12(24-17-5-6-23-28(15)17)18(29)22-9-11-3-4-16-14(7-11)27(2)21(32)33-16/h3-8,13H,9-10H2,1-2H3,(H,22,29)(H,25,30)/t13-/m0/s1. The zero-order valence-corrected chi connectivity index (χ0v) is 17.7. The summed E-state index contributed by atoms with van der Waals surface area (Å²) in [5.74, 6) is -1.67. The van der Waals surface area contributed by atoms with Crippen molar-refractivity contribution in [2.24, 2.45) is 7.05 Å². The SMILES string of the molecule is CN1C[C@H](NC(=O)c2cc(C(=O)NCc3ccc4oc(=O)n(C)c4c3)nc3ccnn23)C1=O. The number of β-lactam (4-membered cyclic amide) rings is 1. The van der Waals surface area contributed by atoms with Gasteiger partial charge in [-0.3, -0.25) is 19.0 Å². The first kappa shape index (κ1) is 20.4. The minimum absolute atomic E-state index is 0.0296. The summed E-state index contributed by atoms with van der Waals surface area (Å²) in [6.07, 6.45) is 1.47. The zero-order chi connectivity index (χ0) is 23.3. The number of nitrogens with zero attached hydrogens (tertiary/aromatic N) is 5.